The third-order valence-electron chi connectivity index (χ3n) is 4.17. The molecule has 1 aliphatic carbocycles. The van der Waals surface area contributed by atoms with Gasteiger partial charge in [0.15, 0.2) is 11.7 Å². The Kier molecular flexibility index (Phi) is 5.33. The van der Waals surface area contributed by atoms with E-state index in [1.165, 1.54) is 23.3 Å². The van der Waals surface area contributed by atoms with Gasteiger partial charge in [-0.3, -0.25) is 4.79 Å². The van der Waals surface area contributed by atoms with Gasteiger partial charge in [-0.1, -0.05) is 11.6 Å². The van der Waals surface area contributed by atoms with Crippen molar-refractivity contribution in [3.63, 3.8) is 0 Å². The van der Waals surface area contributed by atoms with Crippen LogP contribution in [-0.4, -0.2) is 30.6 Å². The van der Waals surface area contributed by atoms with Crippen LogP contribution < -0.4 is 15.0 Å². The topological polar surface area (TPSA) is 55.7 Å². The smallest absolute Gasteiger partial charge is 0.279 e. The Bertz CT molecular complexity index is 702. The van der Waals surface area contributed by atoms with Crippen LogP contribution in [0.3, 0.4) is 0 Å². The Morgan fingerprint density at radius 2 is 2.08 bits per heavy atom. The van der Waals surface area contributed by atoms with E-state index >= 15 is 0 Å². The molecule has 2 aromatic rings. The summed E-state index contributed by atoms with van der Waals surface area (Å²) < 4.78 is 5.19. The van der Waals surface area contributed by atoms with Crippen molar-refractivity contribution < 1.29 is 14.4 Å². The van der Waals surface area contributed by atoms with E-state index in [9.17, 15) is 4.79 Å². The molecule has 0 spiro atoms. The quantitative estimate of drug-likeness (QED) is 0.753. The molecule has 6 heteroatoms. The number of hydrogen-bond acceptors (Lipinski definition) is 3. The number of nitrogens with zero attached hydrogens (tertiary/aromatic N) is 1. The third-order valence-corrected chi connectivity index (χ3v) is 4.47. The van der Waals surface area contributed by atoms with E-state index in [1.54, 1.807) is 25.4 Å². The van der Waals surface area contributed by atoms with Gasteiger partial charge in [-0.05, 0) is 36.4 Å². The van der Waals surface area contributed by atoms with E-state index in [2.05, 4.69) is 22.4 Å². The van der Waals surface area contributed by atoms with E-state index in [0.29, 0.717) is 23.4 Å². The maximum atomic E-state index is 12.4. The summed E-state index contributed by atoms with van der Waals surface area (Å²) in [6.45, 7) is 1.24. The van der Waals surface area contributed by atoms with Crippen LogP contribution in [0.4, 0.5) is 5.69 Å². The number of halogens is 1. The van der Waals surface area contributed by atoms with E-state index < -0.39 is 0 Å². The molecule has 5 nitrogen and oxygen atoms in total. The molecule has 0 bridgehead atoms. The minimum Gasteiger partial charge on any atom is -0.497 e. The lowest BCUT2D eigenvalue weighted by molar-refractivity contribution is -0.916. The van der Waals surface area contributed by atoms with E-state index in [-0.39, 0.29) is 5.91 Å². The highest BCUT2D eigenvalue weighted by molar-refractivity contribution is 6.32. The number of carbonyl (C=O) groups is 1. The average Bonchev–Trinajstić information content (AvgIpc) is 3.42. The zero-order valence-corrected chi connectivity index (χ0v) is 14.3. The molecular formula is C18H21ClN3O2+. The average molecular weight is 347 g/mol. The number of carbonyl (C=O) groups excluding carboxylic acids is 1. The van der Waals surface area contributed by atoms with Crippen molar-refractivity contribution in [2.45, 2.75) is 25.4 Å². The molecule has 1 fully saturated rings. The monoisotopic (exact) mass is 346 g/mol. The molecule has 1 heterocycles. The Labute approximate surface area is 146 Å². The van der Waals surface area contributed by atoms with Crippen LogP contribution in [0, 0.1) is 0 Å². The van der Waals surface area contributed by atoms with E-state index in [1.807, 2.05) is 12.1 Å². The number of amides is 1. The van der Waals surface area contributed by atoms with Gasteiger partial charge >= 0.3 is 0 Å². The van der Waals surface area contributed by atoms with Crippen molar-refractivity contribution in [2.75, 3.05) is 19.0 Å². The van der Waals surface area contributed by atoms with Crippen molar-refractivity contribution >= 4 is 23.2 Å². The Morgan fingerprint density at radius 3 is 2.71 bits per heavy atom. The molecule has 1 saturated carbocycles. The van der Waals surface area contributed by atoms with Gasteiger partial charge in [-0.15, -0.1) is 0 Å². The van der Waals surface area contributed by atoms with Gasteiger partial charge in [0.1, 0.15) is 12.3 Å². The summed E-state index contributed by atoms with van der Waals surface area (Å²) in [4.78, 5) is 17.6. The zero-order chi connectivity index (χ0) is 16.9. The summed E-state index contributed by atoms with van der Waals surface area (Å²) >= 11 is 5.99. The lowest BCUT2D eigenvalue weighted by Crippen LogP contribution is -3.13. The van der Waals surface area contributed by atoms with Gasteiger partial charge in [-0.2, -0.15) is 0 Å². The molecule has 1 atom stereocenters. The number of nitrogens with one attached hydrogen (secondary N) is 2. The van der Waals surface area contributed by atoms with Crippen LogP contribution in [-0.2, 0) is 11.3 Å². The first-order chi connectivity index (χ1) is 11.7. The molecule has 1 aromatic carbocycles. The molecule has 126 valence electrons. The first-order valence-corrected chi connectivity index (χ1v) is 8.41. The fourth-order valence-corrected chi connectivity index (χ4v) is 2.89. The lowest BCUT2D eigenvalue weighted by atomic mass is 10.2. The fraction of sp³-hybridized carbons (Fsp3) is 0.333. The second-order valence-corrected chi connectivity index (χ2v) is 6.38. The van der Waals surface area contributed by atoms with Crippen molar-refractivity contribution in [2.24, 2.45) is 0 Å². The molecule has 24 heavy (non-hydrogen) atoms. The number of hydrogen-bond donors (Lipinski definition) is 2. The van der Waals surface area contributed by atoms with Crippen molar-refractivity contribution in [1.29, 1.82) is 0 Å². The number of quaternary nitrogens is 1. The number of aromatic nitrogens is 1. The highest BCUT2D eigenvalue weighted by Crippen LogP contribution is 2.18. The molecule has 1 amide bonds. The maximum Gasteiger partial charge on any atom is 0.279 e. The van der Waals surface area contributed by atoms with Crippen molar-refractivity contribution in [3.05, 3.63) is 53.3 Å². The molecule has 3 rings (SSSR count). The van der Waals surface area contributed by atoms with E-state index in [4.69, 9.17) is 16.3 Å². The molecule has 0 radical (unpaired) electrons. The third kappa shape index (κ3) is 4.46. The summed E-state index contributed by atoms with van der Waals surface area (Å²) in [5.74, 6) is 0.802. The molecule has 0 saturated heterocycles. The number of rotatable bonds is 7. The summed E-state index contributed by atoms with van der Waals surface area (Å²) in [5.41, 5.74) is 1.76. The van der Waals surface area contributed by atoms with E-state index in [0.717, 1.165) is 12.3 Å². The van der Waals surface area contributed by atoms with Crippen LogP contribution >= 0.6 is 11.6 Å². The molecular weight excluding hydrogens is 326 g/mol. The first-order valence-electron chi connectivity index (χ1n) is 8.03. The van der Waals surface area contributed by atoms with Crippen LogP contribution in [0.15, 0.2) is 42.6 Å². The Morgan fingerprint density at radius 1 is 1.33 bits per heavy atom. The number of pyridine rings is 1. The second-order valence-electron chi connectivity index (χ2n) is 6.02. The number of benzene rings is 1. The van der Waals surface area contributed by atoms with Gasteiger partial charge in [0.05, 0.1) is 18.8 Å². The van der Waals surface area contributed by atoms with Crippen LogP contribution in [0.2, 0.25) is 5.15 Å². The van der Waals surface area contributed by atoms with Gasteiger partial charge in [0, 0.05) is 24.6 Å². The van der Waals surface area contributed by atoms with Crippen molar-refractivity contribution in [1.82, 2.24) is 4.98 Å². The summed E-state index contributed by atoms with van der Waals surface area (Å²) in [5, 5.41) is 3.17. The lowest BCUT2D eigenvalue weighted by Gasteiger charge is -2.19. The number of ether oxygens (including phenoxy) is 1. The molecule has 1 aromatic heterocycles. The Hall–Kier alpha value is -2.11. The van der Waals surface area contributed by atoms with Gasteiger partial charge < -0.3 is 15.0 Å². The SMILES string of the molecule is COc1ccc(C[NH+](CC(=O)Nc2cccnc2Cl)C2CC2)cc1. The summed E-state index contributed by atoms with van der Waals surface area (Å²) in [6.07, 6.45) is 3.95. The minimum atomic E-state index is -0.0414. The number of anilines is 1. The Balaban J connectivity index is 1.61. The fourth-order valence-electron chi connectivity index (χ4n) is 2.73. The molecule has 1 unspecified atom stereocenters. The molecule has 2 N–H and O–H groups in total. The van der Waals surface area contributed by atoms with Crippen LogP contribution in [0.25, 0.3) is 0 Å². The van der Waals surface area contributed by atoms with Gasteiger partial charge in [0.2, 0.25) is 0 Å². The standard InChI is InChI=1S/C18H20ClN3O2/c1-24-15-8-4-13(5-9-15)11-22(14-6-7-14)12-17(23)21-16-3-2-10-20-18(16)19/h2-5,8-10,14H,6-7,11-12H2,1H3,(H,21,23)/p+1. The first kappa shape index (κ1) is 16.7. The van der Waals surface area contributed by atoms with Crippen LogP contribution in [0.1, 0.15) is 18.4 Å². The van der Waals surface area contributed by atoms with Gasteiger partial charge in [-0.25, -0.2) is 4.98 Å². The largest absolute Gasteiger partial charge is 0.497 e. The van der Waals surface area contributed by atoms with Crippen LogP contribution in [0.5, 0.6) is 5.75 Å². The second kappa shape index (κ2) is 7.64. The predicted octanol–water partition coefficient (Wildman–Crippen LogP) is 1.93. The van der Waals surface area contributed by atoms with Gasteiger partial charge in [0.25, 0.3) is 5.91 Å². The highest BCUT2D eigenvalue weighted by atomic mass is 35.5. The summed E-state index contributed by atoms with van der Waals surface area (Å²) in [6, 6.07) is 12.1. The minimum absolute atomic E-state index is 0.0414. The van der Waals surface area contributed by atoms with Crippen molar-refractivity contribution in [3.8, 4) is 5.75 Å². The predicted molar refractivity (Wildman–Crippen MR) is 93.4 cm³/mol. The molecule has 1 aliphatic rings. The normalized spacial score (nSPS) is 14.9. The zero-order valence-electron chi connectivity index (χ0n) is 13.6. The highest BCUT2D eigenvalue weighted by Gasteiger charge is 2.34. The maximum absolute atomic E-state index is 12.4. The molecule has 0 aliphatic heterocycles. The number of methoxy groups -OCH3 is 1. The summed E-state index contributed by atoms with van der Waals surface area (Å²) in [7, 11) is 1.66.